The van der Waals surface area contributed by atoms with Crippen molar-refractivity contribution in [2.45, 2.75) is 6.04 Å². The van der Waals surface area contributed by atoms with Crippen LogP contribution >= 0.6 is 0 Å². The van der Waals surface area contributed by atoms with Gasteiger partial charge in [0.15, 0.2) is 12.3 Å². The summed E-state index contributed by atoms with van der Waals surface area (Å²) in [6.07, 6.45) is -0.112. The second-order valence-electron chi connectivity index (χ2n) is 1.34. The number of carboxylic acids is 1. The minimum atomic E-state index is -1.71. The van der Waals surface area contributed by atoms with Gasteiger partial charge in [-0.25, -0.2) is 0 Å². The summed E-state index contributed by atoms with van der Waals surface area (Å²) in [4.78, 5) is 29.4. The van der Waals surface area contributed by atoms with Crippen LogP contribution in [0.5, 0.6) is 0 Å². The smallest absolute Gasteiger partial charge is 0.328 e. The first-order chi connectivity index (χ1) is 4.09. The molecule has 0 saturated heterocycles. The molecule has 0 aromatic rings. The minimum absolute atomic E-state index is 0.112. The van der Waals surface area contributed by atoms with E-state index in [1.54, 1.807) is 0 Å². The average Bonchev–Trinajstić information content (AvgIpc) is 1.84. The van der Waals surface area contributed by atoms with Gasteiger partial charge in [0.2, 0.25) is 5.78 Å². The van der Waals surface area contributed by atoms with Crippen molar-refractivity contribution in [2.75, 3.05) is 0 Å². The Kier molecular flexibility index (Phi) is 2.53. The molecule has 3 N–H and O–H groups in total. The van der Waals surface area contributed by atoms with Gasteiger partial charge in [-0.3, -0.25) is 14.4 Å². The Bertz CT molecular complexity index is 153. The van der Waals surface area contributed by atoms with Crippen molar-refractivity contribution in [2.24, 2.45) is 5.73 Å². The number of carbonyl (C=O) groups excluding carboxylic acids is 2. The normalized spacial score (nSPS) is 12.1. The third-order valence-electron chi connectivity index (χ3n) is 0.689. The first-order valence-electron chi connectivity index (χ1n) is 2.07. The van der Waals surface area contributed by atoms with Crippen molar-refractivity contribution < 1.29 is 19.5 Å². The monoisotopic (exact) mass is 131 g/mol. The number of Topliss-reactive ketones (excluding diaryl/α,β-unsaturated/α-hetero) is 1. The average molecular weight is 131 g/mol. The molecule has 0 bridgehead atoms. The number of ketones is 1. The highest BCUT2D eigenvalue weighted by Crippen LogP contribution is 1.76. The van der Waals surface area contributed by atoms with E-state index in [1.165, 1.54) is 0 Å². The van der Waals surface area contributed by atoms with E-state index in [2.05, 4.69) is 0 Å². The first kappa shape index (κ1) is 7.77. The molecule has 0 heterocycles. The fraction of sp³-hybridized carbons (Fsp3) is 0.250. The lowest BCUT2D eigenvalue weighted by Crippen LogP contribution is -2.39. The van der Waals surface area contributed by atoms with Crippen molar-refractivity contribution in [3.63, 3.8) is 0 Å². The van der Waals surface area contributed by atoms with Gasteiger partial charge in [0.1, 0.15) is 0 Å². The maximum absolute atomic E-state index is 10.1. The number of hydrogen-bond donors (Lipinski definition) is 2. The lowest BCUT2D eigenvalue weighted by molar-refractivity contribution is -0.144. The Labute approximate surface area is 50.5 Å². The number of aliphatic carboxylic acids is 1. The molecular weight excluding hydrogens is 126 g/mol. The summed E-state index contributed by atoms with van der Waals surface area (Å²) in [6, 6.07) is -1.71. The van der Waals surface area contributed by atoms with Crippen LogP contribution in [0, 0.1) is 0 Å². The zero-order valence-corrected chi connectivity index (χ0v) is 4.40. The fourth-order valence-corrected chi connectivity index (χ4v) is 0.195. The maximum Gasteiger partial charge on any atom is 0.328 e. The summed E-state index contributed by atoms with van der Waals surface area (Å²) in [5, 5.41) is 7.98. The van der Waals surface area contributed by atoms with Gasteiger partial charge in [0.25, 0.3) is 0 Å². The van der Waals surface area contributed by atoms with Crippen LogP contribution in [0.4, 0.5) is 0 Å². The number of rotatable bonds is 3. The summed E-state index contributed by atoms with van der Waals surface area (Å²) in [5.41, 5.74) is 4.69. The summed E-state index contributed by atoms with van der Waals surface area (Å²) in [6.45, 7) is 0. The van der Waals surface area contributed by atoms with Gasteiger partial charge >= 0.3 is 5.97 Å². The van der Waals surface area contributed by atoms with Gasteiger partial charge in [0, 0.05) is 0 Å². The molecule has 5 heteroatoms. The highest BCUT2D eigenvalue weighted by Gasteiger charge is 2.19. The van der Waals surface area contributed by atoms with Gasteiger partial charge in [-0.1, -0.05) is 0 Å². The molecule has 5 nitrogen and oxygen atoms in total. The van der Waals surface area contributed by atoms with E-state index in [4.69, 9.17) is 10.8 Å². The Balaban J connectivity index is 4.03. The number of hydrogen-bond acceptors (Lipinski definition) is 4. The molecule has 0 aliphatic heterocycles. The largest absolute Gasteiger partial charge is 0.480 e. The van der Waals surface area contributed by atoms with Crippen LogP contribution in [0.2, 0.25) is 0 Å². The van der Waals surface area contributed by atoms with E-state index in [1.807, 2.05) is 0 Å². The maximum atomic E-state index is 10.1. The van der Waals surface area contributed by atoms with Crippen LogP contribution in [0.15, 0.2) is 0 Å². The van der Waals surface area contributed by atoms with E-state index >= 15 is 0 Å². The number of carbonyl (C=O) groups is 3. The minimum Gasteiger partial charge on any atom is -0.480 e. The molecule has 0 aliphatic rings. The van der Waals surface area contributed by atoms with E-state index in [0.717, 1.165) is 0 Å². The van der Waals surface area contributed by atoms with Crippen molar-refractivity contribution in [3.8, 4) is 0 Å². The molecule has 0 aromatic carbocycles. The van der Waals surface area contributed by atoms with E-state index in [9.17, 15) is 14.4 Å². The number of nitrogens with two attached hydrogens (primary N) is 1. The van der Waals surface area contributed by atoms with Crippen molar-refractivity contribution in [3.05, 3.63) is 0 Å². The second kappa shape index (κ2) is 2.93. The highest BCUT2D eigenvalue weighted by molar-refractivity contribution is 6.32. The molecular formula is C4H5NO4. The highest BCUT2D eigenvalue weighted by atomic mass is 16.4. The molecule has 0 radical (unpaired) electrons. The molecule has 1 atom stereocenters. The third kappa shape index (κ3) is 2.00. The predicted molar refractivity (Wildman–Crippen MR) is 26.7 cm³/mol. The van der Waals surface area contributed by atoms with Crippen LogP contribution in [-0.4, -0.2) is 29.2 Å². The van der Waals surface area contributed by atoms with Gasteiger partial charge in [0.05, 0.1) is 0 Å². The van der Waals surface area contributed by atoms with Crippen LogP contribution in [0.25, 0.3) is 0 Å². The fourth-order valence-electron chi connectivity index (χ4n) is 0.195. The molecule has 0 saturated carbocycles. The Morgan fingerprint density at radius 3 is 2.11 bits per heavy atom. The van der Waals surface area contributed by atoms with Gasteiger partial charge in [-0.15, -0.1) is 0 Å². The molecule has 0 rings (SSSR count). The Morgan fingerprint density at radius 2 is 2.00 bits per heavy atom. The van der Waals surface area contributed by atoms with Gasteiger partial charge < -0.3 is 10.8 Å². The summed E-state index contributed by atoms with van der Waals surface area (Å²) in [5.74, 6) is -2.62. The predicted octanol–water partition coefficient (Wildman–Crippen LogP) is -1.83. The summed E-state index contributed by atoms with van der Waals surface area (Å²) >= 11 is 0. The zero-order chi connectivity index (χ0) is 7.44. The lowest BCUT2D eigenvalue weighted by Gasteiger charge is -1.95. The van der Waals surface area contributed by atoms with Crippen molar-refractivity contribution in [1.82, 2.24) is 0 Å². The standard InChI is InChI=1S/C4H5NO4/c5-3(4(8)9)2(7)1-6/h1,3H,5H2,(H,8,9). The van der Waals surface area contributed by atoms with Gasteiger partial charge in [-0.05, 0) is 0 Å². The molecule has 0 fully saturated rings. The Morgan fingerprint density at radius 1 is 1.56 bits per heavy atom. The second-order valence-corrected chi connectivity index (χ2v) is 1.34. The molecule has 50 valence electrons. The summed E-state index contributed by atoms with van der Waals surface area (Å²) < 4.78 is 0. The number of aldehydes is 1. The topological polar surface area (TPSA) is 97.5 Å². The summed E-state index contributed by atoms with van der Waals surface area (Å²) in [7, 11) is 0. The number of carboxylic acid groups (broad SMARTS) is 1. The lowest BCUT2D eigenvalue weighted by atomic mass is 10.2. The third-order valence-corrected chi connectivity index (χ3v) is 0.689. The zero-order valence-electron chi connectivity index (χ0n) is 4.40. The quantitative estimate of drug-likeness (QED) is 0.266. The van der Waals surface area contributed by atoms with Crippen LogP contribution in [-0.2, 0) is 14.4 Å². The van der Waals surface area contributed by atoms with E-state index in [-0.39, 0.29) is 6.29 Å². The van der Waals surface area contributed by atoms with Crippen molar-refractivity contribution in [1.29, 1.82) is 0 Å². The molecule has 0 spiro atoms. The van der Waals surface area contributed by atoms with E-state index < -0.39 is 17.8 Å². The van der Waals surface area contributed by atoms with Gasteiger partial charge in [-0.2, -0.15) is 0 Å². The molecule has 0 aliphatic carbocycles. The van der Waals surface area contributed by atoms with Crippen molar-refractivity contribution >= 4 is 18.0 Å². The molecule has 0 amide bonds. The SMILES string of the molecule is NC(C(=O)O)C(=O)C=O. The first-order valence-corrected chi connectivity index (χ1v) is 2.07. The van der Waals surface area contributed by atoms with Crippen LogP contribution in [0.1, 0.15) is 0 Å². The molecule has 1 unspecified atom stereocenters. The Hall–Kier alpha value is -1.23. The van der Waals surface area contributed by atoms with Crippen LogP contribution < -0.4 is 5.73 Å². The van der Waals surface area contributed by atoms with Crippen LogP contribution in [0.3, 0.4) is 0 Å². The molecule has 0 aromatic heterocycles. The van der Waals surface area contributed by atoms with E-state index in [0.29, 0.717) is 0 Å². The molecule has 9 heavy (non-hydrogen) atoms.